The summed E-state index contributed by atoms with van der Waals surface area (Å²) in [5, 5.41) is 3.43. The molecule has 2 rings (SSSR count). The van der Waals surface area contributed by atoms with Gasteiger partial charge in [-0.25, -0.2) is 8.78 Å². The zero-order valence-electron chi connectivity index (χ0n) is 10.1. The molecule has 0 bridgehead atoms. The van der Waals surface area contributed by atoms with E-state index in [0.29, 0.717) is 5.69 Å². The van der Waals surface area contributed by atoms with E-state index in [1.807, 2.05) is 6.92 Å². The van der Waals surface area contributed by atoms with Crippen molar-refractivity contribution in [2.24, 2.45) is 0 Å². The van der Waals surface area contributed by atoms with Crippen molar-refractivity contribution in [2.75, 3.05) is 5.32 Å². The number of anilines is 1. The normalized spacial score (nSPS) is 12.3. The van der Waals surface area contributed by atoms with Crippen molar-refractivity contribution in [3.05, 3.63) is 63.6 Å². The molecule has 0 saturated heterocycles. The highest BCUT2D eigenvalue weighted by atomic mass is 35.5. The van der Waals surface area contributed by atoms with Crippen LogP contribution in [-0.2, 0) is 0 Å². The van der Waals surface area contributed by atoms with Gasteiger partial charge in [-0.15, -0.1) is 0 Å². The van der Waals surface area contributed by atoms with Crippen LogP contribution in [0.1, 0.15) is 18.5 Å². The van der Waals surface area contributed by atoms with Gasteiger partial charge < -0.3 is 5.32 Å². The summed E-state index contributed by atoms with van der Waals surface area (Å²) in [6.07, 6.45) is 0. The van der Waals surface area contributed by atoms with E-state index < -0.39 is 5.82 Å². The summed E-state index contributed by atoms with van der Waals surface area (Å²) < 4.78 is 26.2. The molecule has 1 unspecified atom stereocenters. The first-order valence-electron chi connectivity index (χ1n) is 5.64. The van der Waals surface area contributed by atoms with Crippen LogP contribution in [0.2, 0.25) is 10.0 Å². The first kappa shape index (κ1) is 14.1. The predicted molar refractivity (Wildman–Crippen MR) is 74.9 cm³/mol. The summed E-state index contributed by atoms with van der Waals surface area (Å²) in [5.74, 6) is -0.818. The van der Waals surface area contributed by atoms with Gasteiger partial charge in [-0.2, -0.15) is 0 Å². The summed E-state index contributed by atoms with van der Waals surface area (Å²) >= 11 is 11.9. The summed E-state index contributed by atoms with van der Waals surface area (Å²) in [7, 11) is 0. The zero-order valence-corrected chi connectivity index (χ0v) is 11.6. The van der Waals surface area contributed by atoms with Crippen LogP contribution in [0, 0.1) is 11.6 Å². The maximum atomic E-state index is 13.1. The largest absolute Gasteiger partial charge is 0.376 e. The highest BCUT2D eigenvalue weighted by Crippen LogP contribution is 2.34. The van der Waals surface area contributed by atoms with Gasteiger partial charge in [0.05, 0.1) is 15.7 Å². The number of rotatable bonds is 3. The SMILES string of the molecule is CC(Nc1c(Cl)cc(F)cc1Cl)c1cccc(F)c1. The minimum Gasteiger partial charge on any atom is -0.376 e. The number of hydrogen-bond acceptors (Lipinski definition) is 1. The van der Waals surface area contributed by atoms with Gasteiger partial charge >= 0.3 is 0 Å². The van der Waals surface area contributed by atoms with Gasteiger partial charge in [-0.1, -0.05) is 35.3 Å². The second-order valence-electron chi connectivity index (χ2n) is 4.17. The van der Waals surface area contributed by atoms with Crippen molar-refractivity contribution in [1.29, 1.82) is 0 Å². The highest BCUT2D eigenvalue weighted by Gasteiger charge is 2.12. The lowest BCUT2D eigenvalue weighted by Gasteiger charge is -2.18. The molecular weight excluding hydrogens is 291 g/mol. The average Bonchev–Trinajstić information content (AvgIpc) is 2.33. The lowest BCUT2D eigenvalue weighted by molar-refractivity contribution is 0.623. The molecule has 1 N–H and O–H groups in total. The number of nitrogens with one attached hydrogen (secondary N) is 1. The lowest BCUT2D eigenvalue weighted by atomic mass is 10.1. The Bertz CT molecular complexity index is 579. The minimum absolute atomic E-state index is 0.188. The van der Waals surface area contributed by atoms with Crippen LogP contribution < -0.4 is 5.32 Å². The zero-order chi connectivity index (χ0) is 14.0. The van der Waals surface area contributed by atoms with E-state index >= 15 is 0 Å². The molecule has 0 aromatic heterocycles. The van der Waals surface area contributed by atoms with Gasteiger partial charge in [-0.3, -0.25) is 0 Å². The van der Waals surface area contributed by atoms with Gasteiger partial charge in [0.2, 0.25) is 0 Å². The number of benzene rings is 2. The third kappa shape index (κ3) is 3.37. The van der Waals surface area contributed by atoms with Gasteiger partial charge in [0.1, 0.15) is 11.6 Å². The molecule has 0 fully saturated rings. The van der Waals surface area contributed by atoms with Crippen LogP contribution in [-0.4, -0.2) is 0 Å². The van der Waals surface area contributed by atoms with Crippen LogP contribution in [0.4, 0.5) is 14.5 Å². The standard InChI is InChI=1S/C14H11Cl2F2N/c1-8(9-3-2-4-10(17)5-9)19-14-12(15)6-11(18)7-13(14)16/h2-8,19H,1H3. The summed E-state index contributed by atoms with van der Waals surface area (Å²) in [6.45, 7) is 1.84. The van der Waals surface area contributed by atoms with Crippen molar-refractivity contribution < 1.29 is 8.78 Å². The van der Waals surface area contributed by atoms with Gasteiger partial charge in [0, 0.05) is 6.04 Å². The minimum atomic E-state index is -0.501. The average molecular weight is 302 g/mol. The van der Waals surface area contributed by atoms with E-state index in [0.717, 1.165) is 5.56 Å². The molecule has 100 valence electrons. The quantitative estimate of drug-likeness (QED) is 0.795. The summed E-state index contributed by atoms with van der Waals surface area (Å²) in [5.41, 5.74) is 1.18. The molecule has 2 aromatic rings. The Morgan fingerprint density at radius 2 is 1.63 bits per heavy atom. The van der Waals surface area contributed by atoms with Crippen molar-refractivity contribution in [3.8, 4) is 0 Å². The van der Waals surface area contributed by atoms with E-state index in [4.69, 9.17) is 23.2 Å². The maximum absolute atomic E-state index is 13.1. The lowest BCUT2D eigenvalue weighted by Crippen LogP contribution is -2.08. The number of hydrogen-bond donors (Lipinski definition) is 1. The highest BCUT2D eigenvalue weighted by molar-refractivity contribution is 6.39. The summed E-state index contributed by atoms with van der Waals surface area (Å²) in [4.78, 5) is 0. The Hall–Kier alpha value is -1.32. The molecule has 5 heteroatoms. The second-order valence-corrected chi connectivity index (χ2v) is 4.98. The molecule has 19 heavy (non-hydrogen) atoms. The monoisotopic (exact) mass is 301 g/mol. The molecule has 0 heterocycles. The van der Waals surface area contributed by atoms with E-state index in [1.54, 1.807) is 12.1 Å². The van der Waals surface area contributed by atoms with Crippen LogP contribution in [0.25, 0.3) is 0 Å². The fraction of sp³-hybridized carbons (Fsp3) is 0.143. The Labute approximate surface area is 120 Å². The second kappa shape index (κ2) is 5.76. The third-order valence-electron chi connectivity index (χ3n) is 2.72. The smallest absolute Gasteiger partial charge is 0.126 e. The van der Waals surface area contributed by atoms with Crippen LogP contribution in [0.15, 0.2) is 36.4 Å². The number of halogens is 4. The molecule has 0 amide bonds. The molecule has 0 radical (unpaired) electrons. The molecule has 0 spiro atoms. The van der Waals surface area contributed by atoms with Crippen LogP contribution >= 0.6 is 23.2 Å². The van der Waals surface area contributed by atoms with Gasteiger partial charge in [-0.05, 0) is 36.8 Å². The maximum Gasteiger partial charge on any atom is 0.126 e. The van der Waals surface area contributed by atoms with Crippen molar-refractivity contribution in [3.63, 3.8) is 0 Å². The first-order valence-corrected chi connectivity index (χ1v) is 6.39. The third-order valence-corrected chi connectivity index (χ3v) is 3.31. The van der Waals surface area contributed by atoms with E-state index in [9.17, 15) is 8.78 Å². The molecule has 0 aliphatic carbocycles. The van der Waals surface area contributed by atoms with E-state index in [-0.39, 0.29) is 21.9 Å². The molecule has 2 aromatic carbocycles. The Kier molecular flexibility index (Phi) is 4.27. The molecule has 0 aliphatic heterocycles. The van der Waals surface area contributed by atoms with Crippen molar-refractivity contribution in [2.45, 2.75) is 13.0 Å². The van der Waals surface area contributed by atoms with Gasteiger partial charge in [0.25, 0.3) is 0 Å². The van der Waals surface area contributed by atoms with Crippen molar-refractivity contribution in [1.82, 2.24) is 0 Å². The molecular formula is C14H11Cl2F2N. The van der Waals surface area contributed by atoms with Gasteiger partial charge in [0.15, 0.2) is 0 Å². The molecule has 0 aliphatic rings. The van der Waals surface area contributed by atoms with E-state index in [2.05, 4.69) is 5.32 Å². The fourth-order valence-electron chi connectivity index (χ4n) is 1.76. The van der Waals surface area contributed by atoms with Crippen molar-refractivity contribution >= 4 is 28.9 Å². The topological polar surface area (TPSA) is 12.0 Å². The van der Waals surface area contributed by atoms with E-state index in [1.165, 1.54) is 24.3 Å². The fourth-order valence-corrected chi connectivity index (χ4v) is 2.33. The Morgan fingerprint density at radius 1 is 1.00 bits per heavy atom. The van der Waals surface area contributed by atoms with Crippen LogP contribution in [0.5, 0.6) is 0 Å². The molecule has 1 atom stereocenters. The molecule has 0 saturated carbocycles. The van der Waals surface area contributed by atoms with Crippen LogP contribution in [0.3, 0.4) is 0 Å². The predicted octanol–water partition coefficient (Wildman–Crippen LogP) is 5.44. The molecule has 1 nitrogen and oxygen atoms in total. The Balaban J connectivity index is 2.26. The first-order chi connectivity index (χ1) is 8.97. The summed E-state index contributed by atoms with van der Waals surface area (Å²) in [6, 6.07) is 8.33. The Morgan fingerprint density at radius 3 is 2.21 bits per heavy atom.